The molecule has 3 N–H and O–H groups in total. The first-order valence-electron chi connectivity index (χ1n) is 6.14. The molecule has 0 aromatic heterocycles. The number of rotatable bonds is 10. The van der Waals surface area contributed by atoms with Gasteiger partial charge in [0.05, 0.1) is 12.2 Å². The molecule has 0 radical (unpaired) electrons. The normalized spacial score (nSPS) is 14.7. The minimum atomic E-state index is -0.887. The number of carbonyl (C=O) groups is 1. The van der Waals surface area contributed by atoms with E-state index in [1.165, 1.54) is 0 Å². The zero-order valence-corrected chi connectivity index (χ0v) is 10.1. The van der Waals surface area contributed by atoms with Gasteiger partial charge in [0, 0.05) is 6.42 Å². The zero-order valence-electron chi connectivity index (χ0n) is 10.1. The van der Waals surface area contributed by atoms with E-state index in [1.54, 1.807) is 0 Å². The van der Waals surface area contributed by atoms with E-state index < -0.39 is 12.1 Å². The van der Waals surface area contributed by atoms with Gasteiger partial charge in [-0.15, -0.1) is 0 Å². The van der Waals surface area contributed by atoms with Crippen molar-refractivity contribution >= 4 is 5.97 Å². The standard InChI is InChI=1S/C12H24O4/c1-2-3-4-5-10(13)6-7-11(14)8-9-12(15)16/h10-11,13-14H,2-9H2,1H3,(H,15,16). The smallest absolute Gasteiger partial charge is 0.303 e. The average Bonchev–Trinajstić information content (AvgIpc) is 2.24. The first-order chi connectivity index (χ1) is 7.56. The number of hydrogen-bond donors (Lipinski definition) is 3. The van der Waals surface area contributed by atoms with Crippen LogP contribution in [0.5, 0.6) is 0 Å². The molecule has 0 aliphatic rings. The van der Waals surface area contributed by atoms with Gasteiger partial charge in [-0.25, -0.2) is 0 Å². The number of aliphatic hydroxyl groups is 2. The maximum absolute atomic E-state index is 10.3. The lowest BCUT2D eigenvalue weighted by Gasteiger charge is -2.13. The Kier molecular flexibility index (Phi) is 9.24. The van der Waals surface area contributed by atoms with Crippen molar-refractivity contribution in [3.05, 3.63) is 0 Å². The van der Waals surface area contributed by atoms with E-state index in [4.69, 9.17) is 5.11 Å². The lowest BCUT2D eigenvalue weighted by atomic mass is 10.0. The fourth-order valence-corrected chi connectivity index (χ4v) is 1.59. The van der Waals surface area contributed by atoms with E-state index in [9.17, 15) is 15.0 Å². The fourth-order valence-electron chi connectivity index (χ4n) is 1.59. The van der Waals surface area contributed by atoms with Gasteiger partial charge in [-0.3, -0.25) is 4.79 Å². The Labute approximate surface area is 97.3 Å². The highest BCUT2D eigenvalue weighted by molar-refractivity contribution is 5.66. The van der Waals surface area contributed by atoms with Crippen LogP contribution in [0.25, 0.3) is 0 Å². The summed E-state index contributed by atoms with van der Waals surface area (Å²) in [4.78, 5) is 10.3. The third-order valence-electron chi connectivity index (χ3n) is 2.67. The van der Waals surface area contributed by atoms with Crippen molar-refractivity contribution in [3.8, 4) is 0 Å². The molecule has 0 fully saturated rings. The number of carboxylic acids is 1. The Morgan fingerprint density at radius 2 is 1.56 bits per heavy atom. The number of hydrogen-bond acceptors (Lipinski definition) is 3. The fraction of sp³-hybridized carbons (Fsp3) is 0.917. The van der Waals surface area contributed by atoms with Gasteiger partial charge in [-0.05, 0) is 25.7 Å². The second kappa shape index (κ2) is 9.60. The van der Waals surface area contributed by atoms with Crippen LogP contribution in [0.15, 0.2) is 0 Å². The van der Waals surface area contributed by atoms with Gasteiger partial charge in [0.15, 0.2) is 0 Å². The van der Waals surface area contributed by atoms with Crippen molar-refractivity contribution in [1.82, 2.24) is 0 Å². The van der Waals surface area contributed by atoms with Gasteiger partial charge in [0.1, 0.15) is 0 Å². The maximum Gasteiger partial charge on any atom is 0.303 e. The molecule has 2 unspecified atom stereocenters. The first kappa shape index (κ1) is 15.4. The minimum absolute atomic E-state index is 0.00685. The van der Waals surface area contributed by atoms with E-state index >= 15 is 0 Å². The minimum Gasteiger partial charge on any atom is -0.481 e. The van der Waals surface area contributed by atoms with Crippen LogP contribution in [-0.2, 0) is 4.79 Å². The lowest BCUT2D eigenvalue weighted by molar-refractivity contribution is -0.137. The molecule has 0 spiro atoms. The summed E-state index contributed by atoms with van der Waals surface area (Å²) < 4.78 is 0. The molecular formula is C12H24O4. The van der Waals surface area contributed by atoms with Crippen LogP contribution in [0, 0.1) is 0 Å². The lowest BCUT2D eigenvalue weighted by Crippen LogP contribution is -2.14. The quantitative estimate of drug-likeness (QED) is 0.503. The van der Waals surface area contributed by atoms with Crippen molar-refractivity contribution in [2.24, 2.45) is 0 Å². The third-order valence-corrected chi connectivity index (χ3v) is 2.67. The van der Waals surface area contributed by atoms with Crippen molar-refractivity contribution in [2.45, 2.75) is 70.5 Å². The molecule has 0 rings (SSSR count). The number of aliphatic carboxylic acids is 1. The molecule has 0 aromatic rings. The molecule has 0 saturated carbocycles. The monoisotopic (exact) mass is 232 g/mol. The Bertz CT molecular complexity index is 182. The third kappa shape index (κ3) is 9.93. The largest absolute Gasteiger partial charge is 0.481 e. The Morgan fingerprint density at radius 3 is 2.06 bits per heavy atom. The zero-order chi connectivity index (χ0) is 12.4. The molecule has 16 heavy (non-hydrogen) atoms. The first-order valence-corrected chi connectivity index (χ1v) is 6.14. The molecule has 0 aromatic carbocycles. The molecule has 4 heteroatoms. The van der Waals surface area contributed by atoms with Crippen LogP contribution in [-0.4, -0.2) is 33.5 Å². The highest BCUT2D eigenvalue weighted by atomic mass is 16.4. The van der Waals surface area contributed by atoms with Crippen LogP contribution >= 0.6 is 0 Å². The molecule has 0 aliphatic heterocycles. The number of carboxylic acid groups (broad SMARTS) is 1. The van der Waals surface area contributed by atoms with Crippen LogP contribution in [0.4, 0.5) is 0 Å². The molecule has 96 valence electrons. The molecule has 0 heterocycles. The summed E-state index contributed by atoms with van der Waals surface area (Å²) in [6, 6.07) is 0. The summed E-state index contributed by atoms with van der Waals surface area (Å²) in [6.07, 6.45) is 4.41. The highest BCUT2D eigenvalue weighted by Gasteiger charge is 2.10. The van der Waals surface area contributed by atoms with Crippen LogP contribution < -0.4 is 0 Å². The number of aliphatic hydroxyl groups excluding tert-OH is 2. The van der Waals surface area contributed by atoms with E-state index in [-0.39, 0.29) is 18.9 Å². The second-order valence-electron chi connectivity index (χ2n) is 4.31. The highest BCUT2D eigenvalue weighted by Crippen LogP contribution is 2.12. The summed E-state index contributed by atoms with van der Waals surface area (Å²) in [5.74, 6) is -0.887. The predicted molar refractivity (Wildman–Crippen MR) is 62.3 cm³/mol. The van der Waals surface area contributed by atoms with Crippen LogP contribution in [0.3, 0.4) is 0 Å². The molecule has 4 nitrogen and oxygen atoms in total. The molecular weight excluding hydrogens is 208 g/mol. The van der Waals surface area contributed by atoms with Crippen LogP contribution in [0.2, 0.25) is 0 Å². The summed E-state index contributed by atoms with van der Waals surface area (Å²) in [7, 11) is 0. The maximum atomic E-state index is 10.3. The second-order valence-corrected chi connectivity index (χ2v) is 4.31. The van der Waals surface area contributed by atoms with Crippen molar-refractivity contribution in [1.29, 1.82) is 0 Å². The average molecular weight is 232 g/mol. The molecule has 0 bridgehead atoms. The summed E-state index contributed by atoms with van der Waals surface area (Å²) >= 11 is 0. The topological polar surface area (TPSA) is 77.8 Å². The summed E-state index contributed by atoms with van der Waals surface area (Å²) in [5.41, 5.74) is 0. The van der Waals surface area contributed by atoms with Gasteiger partial charge >= 0.3 is 5.97 Å². The van der Waals surface area contributed by atoms with E-state index in [2.05, 4.69) is 6.92 Å². The van der Waals surface area contributed by atoms with E-state index in [0.29, 0.717) is 12.8 Å². The Hall–Kier alpha value is -0.610. The van der Waals surface area contributed by atoms with Crippen molar-refractivity contribution in [3.63, 3.8) is 0 Å². The molecule has 0 aliphatic carbocycles. The van der Waals surface area contributed by atoms with Gasteiger partial charge < -0.3 is 15.3 Å². The van der Waals surface area contributed by atoms with Gasteiger partial charge in [-0.2, -0.15) is 0 Å². The summed E-state index contributed by atoms with van der Waals surface area (Å²) in [5, 5.41) is 27.4. The van der Waals surface area contributed by atoms with E-state index in [0.717, 1.165) is 25.7 Å². The van der Waals surface area contributed by atoms with E-state index in [1.807, 2.05) is 0 Å². The van der Waals surface area contributed by atoms with Gasteiger partial charge in [0.2, 0.25) is 0 Å². The van der Waals surface area contributed by atoms with Gasteiger partial charge in [0.25, 0.3) is 0 Å². The van der Waals surface area contributed by atoms with Crippen molar-refractivity contribution < 1.29 is 20.1 Å². The Morgan fingerprint density at radius 1 is 1.00 bits per heavy atom. The Balaban J connectivity index is 3.43. The predicted octanol–water partition coefficient (Wildman–Crippen LogP) is 1.93. The van der Waals surface area contributed by atoms with Crippen LogP contribution in [0.1, 0.15) is 58.3 Å². The molecule has 0 saturated heterocycles. The molecule has 2 atom stereocenters. The molecule has 0 amide bonds. The SMILES string of the molecule is CCCCCC(O)CCC(O)CCC(=O)O. The number of unbranched alkanes of at least 4 members (excludes halogenated alkanes) is 2. The van der Waals surface area contributed by atoms with Crippen molar-refractivity contribution in [2.75, 3.05) is 0 Å². The van der Waals surface area contributed by atoms with Gasteiger partial charge in [-0.1, -0.05) is 26.2 Å². The summed E-state index contributed by atoms with van der Waals surface area (Å²) in [6.45, 7) is 2.11.